The second kappa shape index (κ2) is 7.13. The molecular formula is C16H30N2O3S. The van der Waals surface area contributed by atoms with E-state index in [9.17, 15) is 9.00 Å². The van der Waals surface area contributed by atoms with E-state index in [1.165, 1.54) is 0 Å². The summed E-state index contributed by atoms with van der Waals surface area (Å²) in [6.45, 7) is 16.5. The molecule has 0 aromatic carbocycles. The maximum absolute atomic E-state index is 12.2. The number of carbonyl (C=O) groups is 1. The summed E-state index contributed by atoms with van der Waals surface area (Å²) in [6.07, 6.45) is 2.35. The third-order valence-corrected chi connectivity index (χ3v) is 5.04. The summed E-state index contributed by atoms with van der Waals surface area (Å²) in [7, 11) is -1.16. The van der Waals surface area contributed by atoms with Gasteiger partial charge in [-0.3, -0.25) is 0 Å². The minimum Gasteiger partial charge on any atom is -0.444 e. The summed E-state index contributed by atoms with van der Waals surface area (Å²) in [5.41, 5.74) is -0.487. The molecule has 22 heavy (non-hydrogen) atoms. The average molecular weight is 330 g/mol. The molecule has 0 aliphatic carbocycles. The van der Waals surface area contributed by atoms with Crippen LogP contribution in [0.4, 0.5) is 4.79 Å². The van der Waals surface area contributed by atoms with Crippen LogP contribution in [0.5, 0.6) is 0 Å². The average Bonchev–Trinajstić information content (AvgIpc) is 2.81. The lowest BCUT2D eigenvalue weighted by Crippen LogP contribution is -2.43. The van der Waals surface area contributed by atoms with E-state index in [1.807, 2.05) is 41.5 Å². The number of ether oxygens (including phenoxy) is 1. The molecule has 1 saturated heterocycles. The molecule has 0 bridgehead atoms. The van der Waals surface area contributed by atoms with Crippen molar-refractivity contribution in [3.8, 4) is 0 Å². The summed E-state index contributed by atoms with van der Waals surface area (Å²) in [4.78, 5) is 13.8. The van der Waals surface area contributed by atoms with Crippen LogP contribution in [0.25, 0.3) is 0 Å². The minimum absolute atomic E-state index is 0.0764. The Kier molecular flexibility index (Phi) is 6.21. The van der Waals surface area contributed by atoms with E-state index in [4.69, 9.17) is 4.74 Å². The Bertz CT molecular complexity index is 438. The van der Waals surface area contributed by atoms with Crippen LogP contribution in [-0.4, -0.2) is 44.7 Å². The van der Waals surface area contributed by atoms with Gasteiger partial charge in [0.15, 0.2) is 0 Å². The van der Waals surface area contributed by atoms with Crippen molar-refractivity contribution >= 4 is 17.1 Å². The zero-order valence-electron chi connectivity index (χ0n) is 14.6. The molecule has 0 aromatic heterocycles. The monoisotopic (exact) mass is 330 g/mol. The summed E-state index contributed by atoms with van der Waals surface area (Å²) in [5.74, 6) is 0.205. The maximum Gasteiger partial charge on any atom is 0.410 e. The smallest absolute Gasteiger partial charge is 0.410 e. The highest BCUT2D eigenvalue weighted by Gasteiger charge is 2.34. The zero-order chi connectivity index (χ0) is 17.1. The Morgan fingerprint density at radius 3 is 2.41 bits per heavy atom. The van der Waals surface area contributed by atoms with Crippen molar-refractivity contribution in [1.82, 2.24) is 9.62 Å². The van der Waals surface area contributed by atoms with E-state index in [0.29, 0.717) is 13.1 Å². The van der Waals surface area contributed by atoms with E-state index in [2.05, 4.69) is 11.3 Å². The van der Waals surface area contributed by atoms with Crippen LogP contribution in [0.3, 0.4) is 0 Å². The first-order valence-electron chi connectivity index (χ1n) is 7.72. The Hall–Kier alpha value is -0.880. The van der Waals surface area contributed by atoms with Crippen LogP contribution >= 0.6 is 0 Å². The van der Waals surface area contributed by atoms with Crippen LogP contribution in [0.2, 0.25) is 0 Å². The van der Waals surface area contributed by atoms with Gasteiger partial charge in [-0.05, 0) is 53.9 Å². The number of hydrogen-bond acceptors (Lipinski definition) is 3. The second-order valence-electron chi connectivity index (χ2n) is 7.74. The van der Waals surface area contributed by atoms with E-state index < -0.39 is 16.6 Å². The predicted molar refractivity (Wildman–Crippen MR) is 90.9 cm³/mol. The molecule has 1 aliphatic rings. The Balaban J connectivity index is 2.62. The van der Waals surface area contributed by atoms with Crippen LogP contribution in [0.15, 0.2) is 12.7 Å². The van der Waals surface area contributed by atoms with Crippen LogP contribution in [-0.2, 0) is 15.7 Å². The molecule has 5 nitrogen and oxygen atoms in total. The van der Waals surface area contributed by atoms with Gasteiger partial charge in [0.25, 0.3) is 0 Å². The topological polar surface area (TPSA) is 58.6 Å². The summed E-state index contributed by atoms with van der Waals surface area (Å²) in [6, 6.07) is -0.0764. The highest BCUT2D eigenvalue weighted by atomic mass is 32.2. The second-order valence-corrected chi connectivity index (χ2v) is 9.73. The van der Waals surface area contributed by atoms with Crippen molar-refractivity contribution in [2.75, 3.05) is 13.1 Å². The molecule has 3 atom stereocenters. The van der Waals surface area contributed by atoms with E-state index in [1.54, 1.807) is 11.0 Å². The van der Waals surface area contributed by atoms with Crippen LogP contribution in [0.1, 0.15) is 48.0 Å². The molecule has 1 fully saturated rings. The molecule has 6 heteroatoms. The number of nitrogens with zero attached hydrogens (tertiary/aromatic N) is 1. The molecule has 1 aliphatic heterocycles. The first kappa shape index (κ1) is 19.2. The summed E-state index contributed by atoms with van der Waals surface area (Å²) in [5, 5.41) is 0. The lowest BCUT2D eigenvalue weighted by atomic mass is 10.0. The van der Waals surface area contributed by atoms with Crippen molar-refractivity contribution < 1.29 is 13.7 Å². The number of amides is 1. The predicted octanol–water partition coefficient (Wildman–Crippen LogP) is 2.85. The van der Waals surface area contributed by atoms with Gasteiger partial charge < -0.3 is 9.64 Å². The number of nitrogens with one attached hydrogen (secondary N) is 1. The highest BCUT2D eigenvalue weighted by molar-refractivity contribution is 7.84. The van der Waals surface area contributed by atoms with Gasteiger partial charge in [0.2, 0.25) is 0 Å². The third kappa shape index (κ3) is 5.72. The standard InChI is InChI=1S/C16H30N2O3S/c1-8-13(17-22(20)16(5,6)7)12-9-10-18(11-12)14(19)21-15(2,3)4/h8,12-13,17H,1,9-11H2,2-7H3/t12?,13-,22-/m0/s1. The van der Waals surface area contributed by atoms with Crippen molar-refractivity contribution in [2.24, 2.45) is 5.92 Å². The molecule has 0 aromatic rings. The molecule has 128 valence electrons. The fraction of sp³-hybridized carbons (Fsp3) is 0.812. The maximum atomic E-state index is 12.2. The number of carbonyl (C=O) groups excluding carboxylic acids is 1. The number of hydrogen-bond donors (Lipinski definition) is 1. The van der Waals surface area contributed by atoms with Gasteiger partial charge >= 0.3 is 6.09 Å². The molecule has 1 unspecified atom stereocenters. The first-order valence-corrected chi connectivity index (χ1v) is 8.87. The normalized spacial score (nSPS) is 22.3. The van der Waals surface area contributed by atoms with E-state index in [-0.39, 0.29) is 22.8 Å². The Morgan fingerprint density at radius 1 is 1.36 bits per heavy atom. The highest BCUT2D eigenvalue weighted by Crippen LogP contribution is 2.24. The van der Waals surface area contributed by atoms with Crippen LogP contribution < -0.4 is 4.72 Å². The van der Waals surface area contributed by atoms with Crippen LogP contribution in [0, 0.1) is 5.92 Å². The lowest BCUT2D eigenvalue weighted by molar-refractivity contribution is 0.0287. The number of rotatable bonds is 4. The Morgan fingerprint density at radius 2 is 1.95 bits per heavy atom. The third-order valence-electron chi connectivity index (χ3n) is 3.44. The van der Waals surface area contributed by atoms with Gasteiger partial charge in [-0.15, -0.1) is 6.58 Å². The number of likely N-dealkylation sites (tertiary alicyclic amines) is 1. The molecule has 1 rings (SSSR count). The Labute approximate surface area is 137 Å². The van der Waals surface area contributed by atoms with Gasteiger partial charge in [0, 0.05) is 19.1 Å². The van der Waals surface area contributed by atoms with Gasteiger partial charge in [-0.25, -0.2) is 13.7 Å². The van der Waals surface area contributed by atoms with Crippen molar-refractivity contribution in [3.63, 3.8) is 0 Å². The molecular weight excluding hydrogens is 300 g/mol. The molecule has 1 amide bonds. The van der Waals surface area contributed by atoms with E-state index in [0.717, 1.165) is 6.42 Å². The zero-order valence-corrected chi connectivity index (χ0v) is 15.5. The van der Waals surface area contributed by atoms with Crippen molar-refractivity contribution in [3.05, 3.63) is 12.7 Å². The summed E-state index contributed by atoms with van der Waals surface area (Å²) >= 11 is 0. The minimum atomic E-state index is -1.16. The molecule has 0 spiro atoms. The molecule has 0 radical (unpaired) electrons. The van der Waals surface area contributed by atoms with E-state index >= 15 is 0 Å². The first-order chi connectivity index (χ1) is 9.94. The SMILES string of the molecule is C=C[C@H](N[S@@](=O)C(C)(C)C)C1CCN(C(=O)OC(C)(C)C)C1. The molecule has 1 heterocycles. The van der Waals surface area contributed by atoms with Gasteiger partial charge in [0.05, 0.1) is 15.7 Å². The van der Waals surface area contributed by atoms with Gasteiger partial charge in [-0.1, -0.05) is 6.08 Å². The fourth-order valence-electron chi connectivity index (χ4n) is 2.21. The summed E-state index contributed by atoms with van der Waals surface area (Å²) < 4.78 is 20.4. The van der Waals surface area contributed by atoms with Crippen molar-refractivity contribution in [1.29, 1.82) is 0 Å². The van der Waals surface area contributed by atoms with Gasteiger partial charge in [-0.2, -0.15) is 0 Å². The molecule has 0 saturated carbocycles. The lowest BCUT2D eigenvalue weighted by Gasteiger charge is -2.27. The molecule has 1 N–H and O–H groups in total. The van der Waals surface area contributed by atoms with Gasteiger partial charge in [0.1, 0.15) is 5.60 Å². The van der Waals surface area contributed by atoms with Crippen molar-refractivity contribution in [2.45, 2.75) is 64.4 Å². The quantitative estimate of drug-likeness (QED) is 0.806. The largest absolute Gasteiger partial charge is 0.444 e. The fourth-order valence-corrected chi connectivity index (χ4v) is 3.10.